The smallest absolute Gasteiger partial charge is 0.331 e. The van der Waals surface area contributed by atoms with E-state index in [0.717, 1.165) is 27.1 Å². The van der Waals surface area contributed by atoms with Crippen molar-refractivity contribution in [3.8, 4) is 0 Å². The Morgan fingerprint density at radius 3 is 2.34 bits per heavy atom. The summed E-state index contributed by atoms with van der Waals surface area (Å²) in [5.41, 5.74) is 4.20. The van der Waals surface area contributed by atoms with Gasteiger partial charge in [0, 0.05) is 11.3 Å². The number of rotatable bonds is 5. The number of thiazole rings is 1. The van der Waals surface area contributed by atoms with E-state index in [4.69, 9.17) is 4.74 Å². The molecular formula is C23H24N4O4S. The fraction of sp³-hybridized carbons (Fsp3) is 0.304. The molecule has 1 aliphatic rings. The van der Waals surface area contributed by atoms with Crippen molar-refractivity contribution in [2.75, 3.05) is 17.7 Å². The fourth-order valence-corrected chi connectivity index (χ4v) is 4.63. The van der Waals surface area contributed by atoms with Crippen LogP contribution in [0, 0.1) is 20.8 Å². The molecule has 8 nitrogen and oxygen atoms in total. The number of nitrogens with one attached hydrogen (secondary N) is 3. The van der Waals surface area contributed by atoms with Crippen LogP contribution in [-0.2, 0) is 9.53 Å². The maximum absolute atomic E-state index is 12.8. The predicted molar refractivity (Wildman–Crippen MR) is 124 cm³/mol. The molecule has 0 bridgehead atoms. The van der Waals surface area contributed by atoms with Crippen LogP contribution in [0.1, 0.15) is 39.9 Å². The first kappa shape index (κ1) is 21.8. The zero-order valence-electron chi connectivity index (χ0n) is 18.3. The predicted octanol–water partition coefficient (Wildman–Crippen LogP) is 4.30. The van der Waals surface area contributed by atoms with Crippen molar-refractivity contribution in [1.82, 2.24) is 10.3 Å². The van der Waals surface area contributed by atoms with E-state index in [9.17, 15) is 14.4 Å². The van der Waals surface area contributed by atoms with E-state index in [1.807, 2.05) is 32.9 Å². The standard InChI is InChI=1S/C23H24N4O4S/c1-12-9-13(2)18(14(3)10-12)25-19(28)15-5-6-16-17(11-15)32-22(24-16)26-21(30)27-23(7-8-23)20(29)31-4/h5-6,9-11H,7-8H2,1-4H3,(H,25,28)(H2,24,26,27,30). The minimum absolute atomic E-state index is 0.212. The second-order valence-corrected chi connectivity index (χ2v) is 9.11. The van der Waals surface area contributed by atoms with Crippen LogP contribution in [0.15, 0.2) is 30.3 Å². The summed E-state index contributed by atoms with van der Waals surface area (Å²) in [6, 6.07) is 8.75. The molecule has 1 fully saturated rings. The molecule has 3 aromatic rings. The van der Waals surface area contributed by atoms with E-state index in [2.05, 4.69) is 20.9 Å². The zero-order chi connectivity index (χ0) is 23.0. The summed E-state index contributed by atoms with van der Waals surface area (Å²) in [5.74, 6) is -0.664. The van der Waals surface area contributed by atoms with Crippen molar-refractivity contribution in [3.05, 3.63) is 52.6 Å². The van der Waals surface area contributed by atoms with Crippen molar-refractivity contribution >= 4 is 50.3 Å². The van der Waals surface area contributed by atoms with Gasteiger partial charge in [-0.05, 0) is 62.9 Å². The molecule has 4 rings (SSSR count). The number of carbonyl (C=O) groups excluding carboxylic acids is 3. The highest BCUT2D eigenvalue weighted by Gasteiger charge is 2.52. The van der Waals surface area contributed by atoms with Gasteiger partial charge < -0.3 is 15.4 Å². The number of methoxy groups -OCH3 is 1. The van der Waals surface area contributed by atoms with E-state index in [1.54, 1.807) is 18.2 Å². The first-order chi connectivity index (χ1) is 15.2. The Morgan fingerprint density at radius 1 is 1.03 bits per heavy atom. The monoisotopic (exact) mass is 452 g/mol. The Bertz CT molecular complexity index is 1220. The van der Waals surface area contributed by atoms with Crippen LogP contribution < -0.4 is 16.0 Å². The number of ether oxygens (including phenoxy) is 1. The van der Waals surface area contributed by atoms with Gasteiger partial charge in [0.2, 0.25) is 0 Å². The maximum Gasteiger partial charge on any atom is 0.331 e. The average Bonchev–Trinajstić information content (AvgIpc) is 3.40. The Hall–Kier alpha value is -3.46. The minimum Gasteiger partial charge on any atom is -0.467 e. The van der Waals surface area contributed by atoms with Crippen LogP contribution in [0.25, 0.3) is 10.2 Å². The molecule has 1 saturated carbocycles. The molecule has 166 valence electrons. The molecule has 0 saturated heterocycles. The normalized spacial score (nSPS) is 14.0. The van der Waals surface area contributed by atoms with E-state index in [1.165, 1.54) is 18.4 Å². The van der Waals surface area contributed by atoms with Crippen LogP contribution in [0.3, 0.4) is 0 Å². The van der Waals surface area contributed by atoms with Crippen molar-refractivity contribution in [1.29, 1.82) is 0 Å². The first-order valence-electron chi connectivity index (χ1n) is 10.2. The van der Waals surface area contributed by atoms with E-state index < -0.39 is 17.5 Å². The summed E-state index contributed by atoms with van der Waals surface area (Å²) in [5, 5.41) is 8.70. The highest BCUT2D eigenvalue weighted by molar-refractivity contribution is 7.22. The van der Waals surface area contributed by atoms with Gasteiger partial charge in [0.05, 0.1) is 17.3 Å². The SMILES string of the molecule is COC(=O)C1(NC(=O)Nc2nc3ccc(C(=O)Nc4c(C)cc(C)cc4C)cc3s2)CC1. The first-order valence-corrected chi connectivity index (χ1v) is 11.0. The number of fused-ring (bicyclic) bond motifs is 1. The van der Waals surface area contributed by atoms with E-state index >= 15 is 0 Å². The van der Waals surface area contributed by atoms with Gasteiger partial charge in [0.25, 0.3) is 5.91 Å². The Labute approximate surface area is 189 Å². The van der Waals surface area contributed by atoms with E-state index in [0.29, 0.717) is 29.1 Å². The van der Waals surface area contributed by atoms with Crippen LogP contribution in [-0.4, -0.2) is 35.5 Å². The van der Waals surface area contributed by atoms with Crippen molar-refractivity contribution in [3.63, 3.8) is 0 Å². The molecule has 1 aliphatic carbocycles. The third-order valence-electron chi connectivity index (χ3n) is 5.47. The second-order valence-electron chi connectivity index (χ2n) is 8.08. The number of carbonyl (C=O) groups is 3. The third kappa shape index (κ3) is 4.29. The number of anilines is 2. The molecular weight excluding hydrogens is 428 g/mol. The summed E-state index contributed by atoms with van der Waals surface area (Å²) in [7, 11) is 1.30. The lowest BCUT2D eigenvalue weighted by molar-refractivity contribution is -0.144. The Morgan fingerprint density at radius 2 is 1.72 bits per heavy atom. The number of amides is 3. The molecule has 1 heterocycles. The van der Waals surface area contributed by atoms with Crippen molar-refractivity contribution in [2.24, 2.45) is 0 Å². The number of hydrogen-bond acceptors (Lipinski definition) is 6. The number of esters is 1. The quantitative estimate of drug-likeness (QED) is 0.500. The molecule has 32 heavy (non-hydrogen) atoms. The number of urea groups is 1. The summed E-state index contributed by atoms with van der Waals surface area (Å²) in [6.07, 6.45) is 1.09. The second kappa shape index (κ2) is 8.23. The molecule has 0 atom stereocenters. The summed E-state index contributed by atoms with van der Waals surface area (Å²) < 4.78 is 5.51. The zero-order valence-corrected chi connectivity index (χ0v) is 19.1. The van der Waals surface area contributed by atoms with Gasteiger partial charge in [-0.2, -0.15) is 0 Å². The molecule has 0 spiro atoms. The van der Waals surface area contributed by atoms with Crippen LogP contribution in [0.5, 0.6) is 0 Å². The van der Waals surface area contributed by atoms with Gasteiger partial charge in [-0.25, -0.2) is 14.6 Å². The van der Waals surface area contributed by atoms with Gasteiger partial charge in [-0.3, -0.25) is 10.1 Å². The number of nitrogens with zero attached hydrogens (tertiary/aromatic N) is 1. The van der Waals surface area contributed by atoms with E-state index in [-0.39, 0.29) is 5.91 Å². The molecule has 9 heteroatoms. The van der Waals surface area contributed by atoms with Crippen LogP contribution in [0.4, 0.5) is 15.6 Å². The largest absolute Gasteiger partial charge is 0.467 e. The molecule has 1 aromatic heterocycles. The number of hydrogen-bond donors (Lipinski definition) is 3. The lowest BCUT2D eigenvalue weighted by Gasteiger charge is -2.14. The molecule has 2 aromatic carbocycles. The van der Waals surface area contributed by atoms with Gasteiger partial charge in [-0.15, -0.1) is 0 Å². The number of benzene rings is 2. The highest BCUT2D eigenvalue weighted by Crippen LogP contribution is 2.36. The topological polar surface area (TPSA) is 109 Å². The highest BCUT2D eigenvalue weighted by atomic mass is 32.1. The van der Waals surface area contributed by atoms with Gasteiger partial charge >= 0.3 is 12.0 Å². The summed E-state index contributed by atoms with van der Waals surface area (Å²) >= 11 is 1.25. The molecule has 3 amide bonds. The Kier molecular flexibility index (Phi) is 5.60. The minimum atomic E-state index is -0.937. The Balaban J connectivity index is 1.48. The lowest BCUT2D eigenvalue weighted by atomic mass is 10.0. The van der Waals surface area contributed by atoms with Crippen LogP contribution in [0.2, 0.25) is 0 Å². The molecule has 0 radical (unpaired) electrons. The lowest BCUT2D eigenvalue weighted by Crippen LogP contribution is -2.45. The van der Waals surface area contributed by atoms with Gasteiger partial charge in [0.1, 0.15) is 5.54 Å². The summed E-state index contributed by atoms with van der Waals surface area (Å²) in [4.78, 5) is 41.3. The van der Waals surface area contributed by atoms with Crippen molar-refractivity contribution < 1.29 is 19.1 Å². The summed E-state index contributed by atoms with van der Waals surface area (Å²) in [6.45, 7) is 5.96. The van der Waals surface area contributed by atoms with Gasteiger partial charge in [0.15, 0.2) is 5.13 Å². The maximum atomic E-state index is 12.8. The number of aromatic nitrogens is 1. The third-order valence-corrected chi connectivity index (χ3v) is 6.40. The van der Waals surface area contributed by atoms with Crippen LogP contribution >= 0.6 is 11.3 Å². The molecule has 3 N–H and O–H groups in total. The number of aryl methyl sites for hydroxylation is 3. The molecule has 0 unspecified atom stereocenters. The van der Waals surface area contributed by atoms with Gasteiger partial charge in [-0.1, -0.05) is 29.0 Å². The van der Waals surface area contributed by atoms with Crippen molar-refractivity contribution in [2.45, 2.75) is 39.2 Å². The fourth-order valence-electron chi connectivity index (χ4n) is 3.73. The molecule has 0 aliphatic heterocycles. The average molecular weight is 453 g/mol.